The smallest absolute Gasteiger partial charge is 0.308 e. The van der Waals surface area contributed by atoms with Gasteiger partial charge in [-0.15, -0.1) is 11.8 Å². The number of hydrogen-bond donors (Lipinski definition) is 3. The average Bonchev–Trinajstić information content (AvgIpc) is 2.82. The van der Waals surface area contributed by atoms with Gasteiger partial charge in [0.05, 0.1) is 17.4 Å². The lowest BCUT2D eigenvalue weighted by atomic mass is 9.95. The predicted octanol–water partition coefficient (Wildman–Crippen LogP) is 2.82. The van der Waals surface area contributed by atoms with Crippen molar-refractivity contribution >= 4 is 35.2 Å². The molecule has 0 unspecified atom stereocenters. The molecule has 142 valence electrons. The highest BCUT2D eigenvalue weighted by Crippen LogP contribution is 2.24. The number of thioether (sulfide) groups is 1. The van der Waals surface area contributed by atoms with Gasteiger partial charge in [-0.1, -0.05) is 37.0 Å². The highest BCUT2D eigenvalue weighted by atomic mass is 32.2. The summed E-state index contributed by atoms with van der Waals surface area (Å²) in [5.41, 5.74) is 1.85. The second kappa shape index (κ2) is 10.2. The molecule has 1 aliphatic carbocycles. The lowest BCUT2D eigenvalue weighted by Gasteiger charge is -2.22. The fourth-order valence-corrected chi connectivity index (χ4v) is 3.72. The number of aliphatic carboxylic acids is 1. The van der Waals surface area contributed by atoms with Crippen molar-refractivity contribution < 1.29 is 19.5 Å². The van der Waals surface area contributed by atoms with Crippen molar-refractivity contribution in [1.82, 2.24) is 5.32 Å². The average molecular weight is 378 g/mol. The monoisotopic (exact) mass is 378 g/mol. The summed E-state index contributed by atoms with van der Waals surface area (Å²) in [6.45, 7) is 1.98. The highest BCUT2D eigenvalue weighted by Gasteiger charge is 2.30. The van der Waals surface area contributed by atoms with Crippen LogP contribution < -0.4 is 10.6 Å². The lowest BCUT2D eigenvalue weighted by molar-refractivity contribution is -0.143. The number of carboxylic acid groups (broad SMARTS) is 1. The molecule has 0 saturated heterocycles. The number of carbonyl (C=O) groups excluding carboxylic acids is 2. The number of rotatable bonds is 7. The molecule has 1 aromatic rings. The molecule has 0 aromatic heterocycles. The number of hydrogen-bond acceptors (Lipinski definition) is 4. The third-order valence-electron chi connectivity index (χ3n) is 4.48. The van der Waals surface area contributed by atoms with Gasteiger partial charge >= 0.3 is 5.97 Å². The van der Waals surface area contributed by atoms with Crippen LogP contribution in [-0.4, -0.2) is 40.4 Å². The summed E-state index contributed by atoms with van der Waals surface area (Å²) in [4.78, 5) is 35.4. The maximum absolute atomic E-state index is 12.1. The Balaban J connectivity index is 1.72. The fourth-order valence-electron chi connectivity index (χ4n) is 3.09. The van der Waals surface area contributed by atoms with Gasteiger partial charge in [-0.25, -0.2) is 0 Å². The van der Waals surface area contributed by atoms with E-state index in [1.54, 1.807) is 0 Å². The molecule has 0 aliphatic heterocycles. The zero-order chi connectivity index (χ0) is 18.9. The van der Waals surface area contributed by atoms with E-state index < -0.39 is 11.9 Å². The maximum Gasteiger partial charge on any atom is 0.308 e. The molecule has 0 spiro atoms. The standard InChI is InChI=1S/C19H26N2O4S/c1-13-7-9-14(10-8-13)20-17(22)11-26-12-18(23)21-16-6-4-2-3-5-15(16)19(24)25/h7-10,15-16H,2-6,11-12H2,1H3,(H,20,22)(H,21,23)(H,24,25)/t15-,16+/m1/s1. The van der Waals surface area contributed by atoms with E-state index in [2.05, 4.69) is 10.6 Å². The molecule has 2 atom stereocenters. The van der Waals surface area contributed by atoms with Gasteiger partial charge in [0.2, 0.25) is 11.8 Å². The van der Waals surface area contributed by atoms with Gasteiger partial charge in [-0.3, -0.25) is 14.4 Å². The molecule has 2 rings (SSSR count). The summed E-state index contributed by atoms with van der Waals surface area (Å²) in [5.74, 6) is -1.42. The quantitative estimate of drug-likeness (QED) is 0.634. The fraction of sp³-hybridized carbons (Fsp3) is 0.526. The van der Waals surface area contributed by atoms with Crippen LogP contribution in [0.5, 0.6) is 0 Å². The molecule has 1 aromatic carbocycles. The van der Waals surface area contributed by atoms with Gasteiger partial charge in [0.25, 0.3) is 0 Å². The molecular formula is C19H26N2O4S. The molecule has 0 heterocycles. The molecule has 7 heteroatoms. The van der Waals surface area contributed by atoms with Gasteiger partial charge in [0.15, 0.2) is 0 Å². The van der Waals surface area contributed by atoms with Crippen molar-refractivity contribution in [2.45, 2.75) is 45.1 Å². The van der Waals surface area contributed by atoms with E-state index >= 15 is 0 Å². The Kier molecular flexibility index (Phi) is 7.97. The normalized spacial score (nSPS) is 20.0. The van der Waals surface area contributed by atoms with Gasteiger partial charge in [0.1, 0.15) is 0 Å². The first-order valence-electron chi connectivity index (χ1n) is 8.92. The second-order valence-electron chi connectivity index (χ2n) is 6.66. The summed E-state index contributed by atoms with van der Waals surface area (Å²) < 4.78 is 0. The number of benzene rings is 1. The molecule has 1 saturated carbocycles. The molecule has 0 radical (unpaired) electrons. The minimum atomic E-state index is -0.845. The van der Waals surface area contributed by atoms with Crippen LogP contribution in [0.3, 0.4) is 0 Å². The number of carbonyl (C=O) groups is 3. The van der Waals surface area contributed by atoms with Gasteiger partial charge < -0.3 is 15.7 Å². The van der Waals surface area contributed by atoms with E-state index in [0.29, 0.717) is 12.8 Å². The first-order valence-corrected chi connectivity index (χ1v) is 10.1. The van der Waals surface area contributed by atoms with E-state index in [1.165, 1.54) is 11.8 Å². The van der Waals surface area contributed by atoms with E-state index in [-0.39, 0.29) is 29.4 Å². The molecule has 3 N–H and O–H groups in total. The van der Waals surface area contributed by atoms with E-state index in [4.69, 9.17) is 0 Å². The molecule has 1 fully saturated rings. The van der Waals surface area contributed by atoms with E-state index in [9.17, 15) is 19.5 Å². The van der Waals surface area contributed by atoms with Crippen LogP contribution in [-0.2, 0) is 14.4 Å². The molecular weight excluding hydrogens is 352 g/mol. The van der Waals surface area contributed by atoms with E-state index in [1.807, 2.05) is 31.2 Å². The van der Waals surface area contributed by atoms with Crippen LogP contribution >= 0.6 is 11.8 Å². The minimum absolute atomic E-state index is 0.143. The van der Waals surface area contributed by atoms with E-state index in [0.717, 1.165) is 30.5 Å². The van der Waals surface area contributed by atoms with Crippen molar-refractivity contribution in [2.24, 2.45) is 5.92 Å². The van der Waals surface area contributed by atoms with Crippen LogP contribution in [0.1, 0.15) is 37.7 Å². The Morgan fingerprint density at radius 1 is 1.04 bits per heavy atom. The summed E-state index contributed by atoms with van der Waals surface area (Å²) >= 11 is 1.22. The Labute approximate surface area is 158 Å². The number of amides is 2. The maximum atomic E-state index is 12.1. The van der Waals surface area contributed by atoms with Crippen LogP contribution in [0, 0.1) is 12.8 Å². The zero-order valence-corrected chi connectivity index (χ0v) is 15.8. The Bertz CT molecular complexity index is 633. The number of carboxylic acids is 1. The summed E-state index contributed by atoms with van der Waals surface area (Å²) in [7, 11) is 0. The van der Waals surface area contributed by atoms with Crippen LogP contribution in [0.15, 0.2) is 24.3 Å². The highest BCUT2D eigenvalue weighted by molar-refractivity contribution is 8.00. The topological polar surface area (TPSA) is 95.5 Å². The summed E-state index contributed by atoms with van der Waals surface area (Å²) in [6, 6.07) is 7.19. The van der Waals surface area contributed by atoms with Gasteiger partial charge in [0, 0.05) is 11.7 Å². The number of aryl methyl sites for hydroxylation is 1. The second-order valence-corrected chi connectivity index (χ2v) is 7.65. The Hall–Kier alpha value is -2.02. The Morgan fingerprint density at radius 2 is 1.69 bits per heavy atom. The molecule has 6 nitrogen and oxygen atoms in total. The zero-order valence-electron chi connectivity index (χ0n) is 15.0. The minimum Gasteiger partial charge on any atom is -0.481 e. The van der Waals surface area contributed by atoms with Crippen LogP contribution in [0.2, 0.25) is 0 Å². The van der Waals surface area contributed by atoms with Crippen molar-refractivity contribution in [3.8, 4) is 0 Å². The third-order valence-corrected chi connectivity index (χ3v) is 5.41. The van der Waals surface area contributed by atoms with Crippen molar-refractivity contribution in [3.05, 3.63) is 29.8 Å². The Morgan fingerprint density at radius 3 is 2.38 bits per heavy atom. The van der Waals surface area contributed by atoms with Gasteiger partial charge in [-0.2, -0.15) is 0 Å². The number of anilines is 1. The molecule has 2 amide bonds. The molecule has 0 bridgehead atoms. The van der Waals surface area contributed by atoms with Crippen LogP contribution in [0.25, 0.3) is 0 Å². The summed E-state index contributed by atoms with van der Waals surface area (Å²) in [6.07, 6.45) is 4.12. The van der Waals surface area contributed by atoms with Crippen molar-refractivity contribution in [2.75, 3.05) is 16.8 Å². The number of nitrogens with one attached hydrogen (secondary N) is 2. The molecule has 26 heavy (non-hydrogen) atoms. The van der Waals surface area contributed by atoms with Crippen molar-refractivity contribution in [1.29, 1.82) is 0 Å². The lowest BCUT2D eigenvalue weighted by Crippen LogP contribution is -2.43. The predicted molar refractivity (Wildman–Crippen MR) is 103 cm³/mol. The van der Waals surface area contributed by atoms with Crippen molar-refractivity contribution in [3.63, 3.8) is 0 Å². The van der Waals surface area contributed by atoms with Gasteiger partial charge in [-0.05, 0) is 31.9 Å². The SMILES string of the molecule is Cc1ccc(NC(=O)CSCC(=O)N[C@H]2CCCCC[C@H]2C(=O)O)cc1. The first-order chi connectivity index (χ1) is 12.5. The summed E-state index contributed by atoms with van der Waals surface area (Å²) in [5, 5.41) is 15.0. The third kappa shape index (κ3) is 6.71. The molecule has 1 aliphatic rings. The first kappa shape index (κ1) is 20.3. The van der Waals surface area contributed by atoms with Crippen LogP contribution in [0.4, 0.5) is 5.69 Å². The largest absolute Gasteiger partial charge is 0.481 e.